The lowest BCUT2D eigenvalue weighted by atomic mass is 10.1. The maximum atomic E-state index is 13.0. The standard InChI is InChI=1S/C15H16FNO/c16-13-4-1-5-15(11-13)18-14-8-6-12(7-9-14)3-2-10-17/h1,4-9,11H,2-3,10,17H2. The Balaban J connectivity index is 2.02. The van der Waals surface area contributed by atoms with E-state index in [1.165, 1.54) is 17.7 Å². The summed E-state index contributed by atoms with van der Waals surface area (Å²) in [6, 6.07) is 13.9. The van der Waals surface area contributed by atoms with Crippen LogP contribution in [-0.2, 0) is 6.42 Å². The summed E-state index contributed by atoms with van der Waals surface area (Å²) in [7, 11) is 0. The molecule has 0 saturated carbocycles. The van der Waals surface area contributed by atoms with E-state index in [9.17, 15) is 4.39 Å². The summed E-state index contributed by atoms with van der Waals surface area (Å²) in [5, 5.41) is 0. The molecule has 0 bridgehead atoms. The first-order chi connectivity index (χ1) is 8.78. The Labute approximate surface area is 106 Å². The summed E-state index contributed by atoms with van der Waals surface area (Å²) in [6.07, 6.45) is 1.95. The maximum Gasteiger partial charge on any atom is 0.130 e. The van der Waals surface area contributed by atoms with E-state index in [1.807, 2.05) is 24.3 Å². The minimum atomic E-state index is -0.299. The van der Waals surface area contributed by atoms with Crippen molar-refractivity contribution in [2.24, 2.45) is 5.73 Å². The third kappa shape index (κ3) is 3.57. The van der Waals surface area contributed by atoms with Crippen molar-refractivity contribution >= 4 is 0 Å². The van der Waals surface area contributed by atoms with Crippen LogP contribution in [0.4, 0.5) is 4.39 Å². The predicted molar refractivity (Wildman–Crippen MR) is 70.3 cm³/mol. The fourth-order valence-corrected chi connectivity index (χ4v) is 1.70. The summed E-state index contributed by atoms with van der Waals surface area (Å²) in [4.78, 5) is 0. The van der Waals surface area contributed by atoms with Crippen molar-refractivity contribution in [3.05, 3.63) is 59.9 Å². The van der Waals surface area contributed by atoms with Gasteiger partial charge in [-0.15, -0.1) is 0 Å². The average Bonchev–Trinajstić information content (AvgIpc) is 2.38. The van der Waals surface area contributed by atoms with Gasteiger partial charge in [0.05, 0.1) is 0 Å². The number of hydrogen-bond donors (Lipinski definition) is 1. The fraction of sp³-hybridized carbons (Fsp3) is 0.200. The molecule has 0 atom stereocenters. The molecule has 0 aliphatic carbocycles. The number of halogens is 1. The molecule has 3 heteroatoms. The van der Waals surface area contributed by atoms with Crippen LogP contribution in [-0.4, -0.2) is 6.54 Å². The van der Waals surface area contributed by atoms with E-state index < -0.39 is 0 Å². The van der Waals surface area contributed by atoms with Crippen molar-refractivity contribution in [3.8, 4) is 11.5 Å². The Morgan fingerprint density at radius 2 is 1.78 bits per heavy atom. The highest BCUT2D eigenvalue weighted by molar-refractivity contribution is 5.33. The fourth-order valence-electron chi connectivity index (χ4n) is 1.70. The summed E-state index contributed by atoms with van der Waals surface area (Å²) >= 11 is 0. The van der Waals surface area contributed by atoms with E-state index in [0.29, 0.717) is 18.0 Å². The van der Waals surface area contributed by atoms with Crippen molar-refractivity contribution in [2.75, 3.05) is 6.54 Å². The van der Waals surface area contributed by atoms with Crippen molar-refractivity contribution in [3.63, 3.8) is 0 Å². The molecule has 2 aromatic carbocycles. The van der Waals surface area contributed by atoms with Crippen LogP contribution in [0.15, 0.2) is 48.5 Å². The van der Waals surface area contributed by atoms with Crippen LogP contribution in [0.1, 0.15) is 12.0 Å². The van der Waals surface area contributed by atoms with E-state index >= 15 is 0 Å². The average molecular weight is 245 g/mol. The van der Waals surface area contributed by atoms with E-state index in [1.54, 1.807) is 12.1 Å². The number of aryl methyl sites for hydroxylation is 1. The Hall–Kier alpha value is -1.87. The van der Waals surface area contributed by atoms with E-state index in [-0.39, 0.29) is 5.82 Å². The third-order valence-corrected chi connectivity index (χ3v) is 2.62. The number of rotatable bonds is 5. The molecule has 0 unspecified atom stereocenters. The zero-order chi connectivity index (χ0) is 12.8. The highest BCUT2D eigenvalue weighted by Crippen LogP contribution is 2.22. The van der Waals surface area contributed by atoms with Crippen molar-refractivity contribution in [1.29, 1.82) is 0 Å². The number of hydrogen-bond acceptors (Lipinski definition) is 2. The van der Waals surface area contributed by atoms with Crippen molar-refractivity contribution < 1.29 is 9.13 Å². The van der Waals surface area contributed by atoms with Crippen LogP contribution in [0.2, 0.25) is 0 Å². The molecular formula is C15H16FNO. The van der Waals surface area contributed by atoms with Gasteiger partial charge in [0.2, 0.25) is 0 Å². The molecule has 2 N–H and O–H groups in total. The Morgan fingerprint density at radius 1 is 1.00 bits per heavy atom. The largest absolute Gasteiger partial charge is 0.457 e. The lowest BCUT2D eigenvalue weighted by Crippen LogP contribution is -2.00. The molecule has 0 aromatic heterocycles. The summed E-state index contributed by atoms with van der Waals surface area (Å²) < 4.78 is 18.5. The predicted octanol–water partition coefficient (Wildman–Crippen LogP) is 3.51. The molecule has 0 aliphatic heterocycles. The lowest BCUT2D eigenvalue weighted by molar-refractivity contribution is 0.476. The van der Waals surface area contributed by atoms with Gasteiger partial charge in [-0.1, -0.05) is 18.2 Å². The minimum absolute atomic E-state index is 0.299. The quantitative estimate of drug-likeness (QED) is 0.874. The highest BCUT2D eigenvalue weighted by atomic mass is 19.1. The minimum Gasteiger partial charge on any atom is -0.457 e. The van der Waals surface area contributed by atoms with Gasteiger partial charge in [0, 0.05) is 6.07 Å². The van der Waals surface area contributed by atoms with Gasteiger partial charge in [-0.2, -0.15) is 0 Å². The molecule has 0 radical (unpaired) electrons. The summed E-state index contributed by atoms with van der Waals surface area (Å²) in [5.74, 6) is 0.911. The van der Waals surface area contributed by atoms with Crippen LogP contribution in [0, 0.1) is 5.82 Å². The lowest BCUT2D eigenvalue weighted by Gasteiger charge is -2.06. The summed E-state index contributed by atoms with van der Waals surface area (Å²) in [6.45, 7) is 0.696. The normalized spacial score (nSPS) is 10.3. The van der Waals surface area contributed by atoms with Crippen LogP contribution >= 0.6 is 0 Å². The zero-order valence-corrected chi connectivity index (χ0v) is 10.1. The monoisotopic (exact) mass is 245 g/mol. The van der Waals surface area contributed by atoms with Gasteiger partial charge in [-0.05, 0) is 49.2 Å². The molecule has 0 saturated heterocycles. The molecule has 0 heterocycles. The number of ether oxygens (including phenoxy) is 1. The topological polar surface area (TPSA) is 35.2 Å². The van der Waals surface area contributed by atoms with Crippen LogP contribution in [0.5, 0.6) is 11.5 Å². The van der Waals surface area contributed by atoms with Gasteiger partial charge < -0.3 is 10.5 Å². The maximum absolute atomic E-state index is 13.0. The molecule has 2 aromatic rings. The van der Waals surface area contributed by atoms with Gasteiger partial charge in [0.15, 0.2) is 0 Å². The molecule has 0 spiro atoms. The van der Waals surface area contributed by atoms with Gasteiger partial charge in [0.25, 0.3) is 0 Å². The molecule has 2 nitrogen and oxygen atoms in total. The molecule has 0 amide bonds. The van der Waals surface area contributed by atoms with Gasteiger partial charge >= 0.3 is 0 Å². The Bertz CT molecular complexity index is 496. The second-order valence-electron chi connectivity index (χ2n) is 4.10. The van der Waals surface area contributed by atoms with Crippen LogP contribution in [0.25, 0.3) is 0 Å². The smallest absolute Gasteiger partial charge is 0.130 e. The van der Waals surface area contributed by atoms with Gasteiger partial charge in [-0.25, -0.2) is 4.39 Å². The molecule has 94 valence electrons. The third-order valence-electron chi connectivity index (χ3n) is 2.62. The van der Waals surface area contributed by atoms with Crippen molar-refractivity contribution in [2.45, 2.75) is 12.8 Å². The van der Waals surface area contributed by atoms with Crippen molar-refractivity contribution in [1.82, 2.24) is 0 Å². The molecule has 18 heavy (non-hydrogen) atoms. The van der Waals surface area contributed by atoms with Gasteiger partial charge in [0.1, 0.15) is 17.3 Å². The summed E-state index contributed by atoms with van der Waals surface area (Å²) in [5.41, 5.74) is 6.69. The zero-order valence-electron chi connectivity index (χ0n) is 10.1. The first kappa shape index (κ1) is 12.6. The second-order valence-corrected chi connectivity index (χ2v) is 4.10. The van der Waals surface area contributed by atoms with Crippen LogP contribution < -0.4 is 10.5 Å². The van der Waals surface area contributed by atoms with Crippen LogP contribution in [0.3, 0.4) is 0 Å². The SMILES string of the molecule is NCCCc1ccc(Oc2cccc(F)c2)cc1. The first-order valence-corrected chi connectivity index (χ1v) is 6.00. The molecule has 0 fully saturated rings. The second kappa shape index (κ2) is 6.17. The molecular weight excluding hydrogens is 229 g/mol. The van der Waals surface area contributed by atoms with E-state index in [2.05, 4.69) is 0 Å². The highest BCUT2D eigenvalue weighted by Gasteiger charge is 1.99. The molecule has 0 aliphatic rings. The number of benzene rings is 2. The van der Waals surface area contributed by atoms with E-state index in [0.717, 1.165) is 12.8 Å². The first-order valence-electron chi connectivity index (χ1n) is 6.00. The Morgan fingerprint density at radius 3 is 2.44 bits per heavy atom. The Kier molecular flexibility index (Phi) is 4.31. The number of nitrogens with two attached hydrogens (primary N) is 1. The van der Waals surface area contributed by atoms with E-state index in [4.69, 9.17) is 10.5 Å². The molecule has 2 rings (SSSR count). The van der Waals surface area contributed by atoms with Gasteiger partial charge in [-0.3, -0.25) is 0 Å².